The lowest BCUT2D eigenvalue weighted by molar-refractivity contribution is -0.137. The highest BCUT2D eigenvalue weighted by molar-refractivity contribution is 7.89. The van der Waals surface area contributed by atoms with Gasteiger partial charge in [0.05, 0.1) is 23.7 Å². The smallest absolute Gasteiger partial charge is 0.379 e. The molecule has 0 saturated carbocycles. The van der Waals surface area contributed by atoms with Crippen LogP contribution in [0.4, 0.5) is 18.9 Å². The van der Waals surface area contributed by atoms with Crippen LogP contribution in [-0.2, 0) is 20.9 Å². The molecule has 6 nitrogen and oxygen atoms in total. The molecule has 28 heavy (non-hydrogen) atoms. The van der Waals surface area contributed by atoms with E-state index in [1.807, 2.05) is 0 Å². The SMILES string of the molecule is O=C(Nc1ccc(C(F)(F)F)cc1)c1cccc(S(=O)(=O)N2CCOCC2)c1. The van der Waals surface area contributed by atoms with Crippen molar-refractivity contribution in [3.8, 4) is 0 Å². The van der Waals surface area contributed by atoms with Crippen molar-refractivity contribution in [2.75, 3.05) is 31.6 Å². The third kappa shape index (κ3) is 4.51. The number of amides is 1. The summed E-state index contributed by atoms with van der Waals surface area (Å²) < 4.78 is 69.6. The molecule has 3 rings (SSSR count). The number of anilines is 1. The Kier molecular flexibility index (Phi) is 5.73. The molecule has 1 aliphatic heterocycles. The lowest BCUT2D eigenvalue weighted by atomic mass is 10.2. The van der Waals surface area contributed by atoms with Crippen molar-refractivity contribution < 1.29 is 31.1 Å². The molecule has 0 aliphatic carbocycles. The molecule has 1 aliphatic rings. The second-order valence-corrected chi connectivity index (χ2v) is 8.01. The standard InChI is InChI=1S/C18H17F3N2O4S/c19-18(20,21)14-4-6-15(7-5-14)22-17(24)13-2-1-3-16(12-13)28(25,26)23-8-10-27-11-9-23/h1-7,12H,8-11H2,(H,22,24). The number of nitrogens with one attached hydrogen (secondary N) is 1. The summed E-state index contributed by atoms with van der Waals surface area (Å²) in [4.78, 5) is 12.4. The highest BCUT2D eigenvalue weighted by atomic mass is 32.2. The summed E-state index contributed by atoms with van der Waals surface area (Å²) in [5, 5.41) is 2.46. The van der Waals surface area contributed by atoms with Gasteiger partial charge < -0.3 is 10.1 Å². The van der Waals surface area contributed by atoms with Gasteiger partial charge in [-0.1, -0.05) is 6.07 Å². The minimum Gasteiger partial charge on any atom is -0.379 e. The van der Waals surface area contributed by atoms with Crippen LogP contribution in [0.2, 0.25) is 0 Å². The molecule has 0 radical (unpaired) electrons. The third-order valence-corrected chi connectivity index (χ3v) is 6.07. The van der Waals surface area contributed by atoms with E-state index < -0.39 is 27.7 Å². The molecule has 1 amide bonds. The van der Waals surface area contributed by atoms with E-state index in [1.165, 1.54) is 28.6 Å². The molecule has 0 bridgehead atoms. The van der Waals surface area contributed by atoms with Crippen LogP contribution in [0, 0.1) is 0 Å². The Morgan fingerprint density at radius 2 is 1.68 bits per heavy atom. The van der Waals surface area contributed by atoms with Crippen LogP contribution >= 0.6 is 0 Å². The van der Waals surface area contributed by atoms with Crippen molar-refractivity contribution in [1.82, 2.24) is 4.31 Å². The molecule has 150 valence electrons. The molecule has 1 N–H and O–H groups in total. The summed E-state index contributed by atoms with van der Waals surface area (Å²) >= 11 is 0. The number of ether oxygens (including phenoxy) is 1. The van der Waals surface area contributed by atoms with Crippen molar-refractivity contribution in [1.29, 1.82) is 0 Å². The van der Waals surface area contributed by atoms with Gasteiger partial charge in [-0.25, -0.2) is 8.42 Å². The van der Waals surface area contributed by atoms with Crippen molar-refractivity contribution in [3.05, 3.63) is 59.7 Å². The monoisotopic (exact) mass is 414 g/mol. The molecule has 1 fully saturated rings. The van der Waals surface area contributed by atoms with Gasteiger partial charge in [0.1, 0.15) is 0 Å². The second kappa shape index (κ2) is 7.90. The maximum absolute atomic E-state index is 12.7. The van der Waals surface area contributed by atoms with E-state index in [0.717, 1.165) is 24.3 Å². The number of hydrogen-bond donors (Lipinski definition) is 1. The second-order valence-electron chi connectivity index (χ2n) is 6.07. The zero-order valence-corrected chi connectivity index (χ0v) is 15.4. The predicted molar refractivity (Wildman–Crippen MR) is 95.4 cm³/mol. The average molecular weight is 414 g/mol. The van der Waals surface area contributed by atoms with Gasteiger partial charge in [0.15, 0.2) is 0 Å². The fourth-order valence-electron chi connectivity index (χ4n) is 2.68. The van der Waals surface area contributed by atoms with Gasteiger partial charge in [-0.2, -0.15) is 17.5 Å². The summed E-state index contributed by atoms with van der Waals surface area (Å²) in [6.45, 7) is 1.05. The number of morpholine rings is 1. The first kappa shape index (κ1) is 20.3. The predicted octanol–water partition coefficient (Wildman–Crippen LogP) is 2.98. The minimum atomic E-state index is -4.47. The maximum atomic E-state index is 12.7. The Morgan fingerprint density at radius 1 is 1.04 bits per heavy atom. The third-order valence-electron chi connectivity index (χ3n) is 4.17. The molecule has 2 aromatic rings. The normalized spacial score (nSPS) is 16.0. The van der Waals surface area contributed by atoms with E-state index in [9.17, 15) is 26.4 Å². The number of hydrogen-bond acceptors (Lipinski definition) is 4. The Balaban J connectivity index is 1.77. The molecule has 0 unspecified atom stereocenters. The fraction of sp³-hybridized carbons (Fsp3) is 0.278. The first-order chi connectivity index (χ1) is 13.2. The number of rotatable bonds is 4. The Bertz CT molecular complexity index is 954. The van der Waals surface area contributed by atoms with E-state index in [1.54, 1.807) is 0 Å². The quantitative estimate of drug-likeness (QED) is 0.835. The highest BCUT2D eigenvalue weighted by Gasteiger charge is 2.30. The lowest BCUT2D eigenvalue weighted by Crippen LogP contribution is -2.40. The first-order valence-corrected chi connectivity index (χ1v) is 9.78. The first-order valence-electron chi connectivity index (χ1n) is 8.34. The van der Waals surface area contributed by atoms with Crippen LogP contribution in [0.25, 0.3) is 0 Å². The molecule has 1 saturated heterocycles. The molecular formula is C18H17F3N2O4S. The van der Waals surface area contributed by atoms with E-state index in [4.69, 9.17) is 4.74 Å². The van der Waals surface area contributed by atoms with E-state index in [2.05, 4.69) is 5.32 Å². The molecular weight excluding hydrogens is 397 g/mol. The van der Waals surface area contributed by atoms with Crippen LogP contribution in [0.15, 0.2) is 53.4 Å². The van der Waals surface area contributed by atoms with Crippen molar-refractivity contribution in [3.63, 3.8) is 0 Å². The van der Waals surface area contributed by atoms with Crippen LogP contribution < -0.4 is 5.32 Å². The number of nitrogens with zero attached hydrogens (tertiary/aromatic N) is 1. The molecule has 0 aromatic heterocycles. The Labute approximate surface area is 160 Å². The Hall–Kier alpha value is -2.43. The van der Waals surface area contributed by atoms with E-state index in [0.29, 0.717) is 13.2 Å². The van der Waals surface area contributed by atoms with Crippen molar-refractivity contribution >= 4 is 21.6 Å². The number of halogens is 3. The minimum absolute atomic E-state index is 0.0329. The number of benzene rings is 2. The summed E-state index contributed by atoms with van der Waals surface area (Å²) in [6.07, 6.45) is -4.47. The van der Waals surface area contributed by atoms with Gasteiger partial charge in [-0.3, -0.25) is 4.79 Å². The van der Waals surface area contributed by atoms with Gasteiger partial charge in [0, 0.05) is 24.3 Å². The average Bonchev–Trinajstić information content (AvgIpc) is 2.68. The zero-order valence-electron chi connectivity index (χ0n) is 14.6. The van der Waals surface area contributed by atoms with Gasteiger partial charge in [-0.05, 0) is 42.5 Å². The summed E-state index contributed by atoms with van der Waals surface area (Å²) in [5.74, 6) is -0.626. The lowest BCUT2D eigenvalue weighted by Gasteiger charge is -2.26. The van der Waals surface area contributed by atoms with Crippen LogP contribution in [0.5, 0.6) is 0 Å². The van der Waals surface area contributed by atoms with E-state index in [-0.39, 0.29) is 29.2 Å². The van der Waals surface area contributed by atoms with Crippen LogP contribution in [0.1, 0.15) is 15.9 Å². The van der Waals surface area contributed by atoms with Crippen LogP contribution in [-0.4, -0.2) is 44.9 Å². The number of carbonyl (C=O) groups excluding carboxylic acids is 1. The van der Waals surface area contributed by atoms with Crippen molar-refractivity contribution in [2.24, 2.45) is 0 Å². The van der Waals surface area contributed by atoms with Gasteiger partial charge in [-0.15, -0.1) is 0 Å². The molecule has 0 atom stereocenters. The van der Waals surface area contributed by atoms with Gasteiger partial charge in [0.25, 0.3) is 5.91 Å². The van der Waals surface area contributed by atoms with Gasteiger partial charge in [0.2, 0.25) is 10.0 Å². The molecule has 2 aromatic carbocycles. The number of sulfonamides is 1. The highest BCUT2D eigenvalue weighted by Crippen LogP contribution is 2.30. The summed E-state index contributed by atoms with van der Waals surface area (Å²) in [5.41, 5.74) is -0.585. The summed E-state index contributed by atoms with van der Waals surface area (Å²) in [6, 6.07) is 9.48. The van der Waals surface area contributed by atoms with Crippen LogP contribution in [0.3, 0.4) is 0 Å². The van der Waals surface area contributed by atoms with Gasteiger partial charge >= 0.3 is 6.18 Å². The molecule has 10 heteroatoms. The topological polar surface area (TPSA) is 75.7 Å². The summed E-state index contributed by atoms with van der Waals surface area (Å²) in [7, 11) is -3.76. The number of alkyl halides is 3. The fourth-order valence-corrected chi connectivity index (χ4v) is 4.13. The zero-order chi connectivity index (χ0) is 20.4. The Morgan fingerprint density at radius 3 is 2.29 bits per heavy atom. The number of carbonyl (C=O) groups is 1. The molecule has 0 spiro atoms. The van der Waals surface area contributed by atoms with Crippen molar-refractivity contribution in [2.45, 2.75) is 11.1 Å². The molecule has 1 heterocycles. The largest absolute Gasteiger partial charge is 0.416 e. The maximum Gasteiger partial charge on any atom is 0.416 e. The van der Waals surface area contributed by atoms with E-state index >= 15 is 0 Å².